The van der Waals surface area contributed by atoms with Gasteiger partial charge in [0, 0.05) is 5.75 Å². The molecule has 1 atom stereocenters. The lowest BCUT2D eigenvalue weighted by atomic mass is 9.88. The molecule has 0 aromatic rings. The summed E-state index contributed by atoms with van der Waals surface area (Å²) in [5, 5.41) is 0. The van der Waals surface area contributed by atoms with Crippen LogP contribution in [-0.2, 0) is 27.3 Å². The van der Waals surface area contributed by atoms with Crippen molar-refractivity contribution in [3.05, 3.63) is 0 Å². The van der Waals surface area contributed by atoms with Crippen LogP contribution in [0, 0.1) is 5.92 Å². The molecule has 0 aromatic carbocycles. The van der Waals surface area contributed by atoms with Crippen LogP contribution < -0.4 is 17.7 Å². The predicted octanol–water partition coefficient (Wildman–Crippen LogP) is 2.59. The van der Waals surface area contributed by atoms with Crippen molar-refractivity contribution in [1.82, 2.24) is 0 Å². The molecule has 1 aliphatic carbocycles. The minimum absolute atomic E-state index is 0.480. The number of phosphoric acid groups is 1. The van der Waals surface area contributed by atoms with E-state index in [1.807, 2.05) is 0 Å². The number of hydrogen-bond donors (Lipinski definition) is 3. The van der Waals surface area contributed by atoms with E-state index >= 15 is 0 Å². The van der Waals surface area contributed by atoms with Crippen LogP contribution in [0.1, 0.15) is 38.5 Å². The van der Waals surface area contributed by atoms with Gasteiger partial charge in [0.15, 0.2) is 0 Å². The Hall–Kier alpha value is 0.530. The van der Waals surface area contributed by atoms with Crippen LogP contribution in [0.15, 0.2) is 0 Å². The van der Waals surface area contributed by atoms with Gasteiger partial charge < -0.3 is 0 Å². The van der Waals surface area contributed by atoms with Gasteiger partial charge >= 0.3 is 14.6 Å². The molecule has 0 amide bonds. The van der Waals surface area contributed by atoms with Gasteiger partial charge in [-0.15, -0.1) is 0 Å². The molecule has 0 heterocycles. The zero-order chi connectivity index (χ0) is 15.1. The van der Waals surface area contributed by atoms with E-state index < -0.39 is 14.6 Å². The van der Waals surface area contributed by atoms with E-state index in [4.69, 9.17) is 17.7 Å². The fourth-order valence-corrected chi connectivity index (χ4v) is 6.80. The summed E-state index contributed by atoms with van der Waals surface area (Å²) >= 11 is 0.818. The van der Waals surface area contributed by atoms with Crippen molar-refractivity contribution >= 4 is 26.0 Å². The molecule has 9 nitrogen and oxygen atoms in total. The lowest BCUT2D eigenvalue weighted by Gasteiger charge is -2.22. The highest BCUT2D eigenvalue weighted by Gasteiger charge is 2.39. The van der Waals surface area contributed by atoms with Gasteiger partial charge in [0.2, 0.25) is 0 Å². The summed E-state index contributed by atoms with van der Waals surface area (Å²) in [6, 6.07) is 0. The summed E-state index contributed by atoms with van der Waals surface area (Å²) in [6.07, 6.45) is 6.86. The normalized spacial score (nSPS) is 20.8. The van der Waals surface area contributed by atoms with Gasteiger partial charge in [-0.3, -0.25) is 0 Å². The Bertz CT molecular complexity index is 373. The van der Waals surface area contributed by atoms with Crippen molar-refractivity contribution in [3.63, 3.8) is 0 Å². The van der Waals surface area contributed by atoms with Crippen LogP contribution in [0.4, 0.5) is 0 Å². The van der Waals surface area contributed by atoms with Crippen molar-refractivity contribution in [2.45, 2.75) is 38.5 Å². The third kappa shape index (κ3) is 6.11. The molecule has 120 valence electrons. The number of nitrogens with two attached hydrogens (primary N) is 3. The largest absolute Gasteiger partial charge is 0.515 e. The minimum atomic E-state index is -4.32. The highest BCUT2D eigenvalue weighted by atomic mass is 32.7. The van der Waals surface area contributed by atoms with Crippen LogP contribution in [0.2, 0.25) is 0 Å². The Balaban J connectivity index is 2.44. The fraction of sp³-hybridized carbons (Fsp3) is 1.00. The molecule has 0 aromatic heterocycles. The molecule has 6 N–H and O–H groups in total. The summed E-state index contributed by atoms with van der Waals surface area (Å²) in [4.78, 5) is 0. The van der Waals surface area contributed by atoms with Crippen molar-refractivity contribution in [1.29, 1.82) is 0 Å². The minimum Gasteiger partial charge on any atom is -0.245 e. The molecular weight excluding hydrogens is 328 g/mol. The Morgan fingerprint density at radius 1 is 1.00 bits per heavy atom. The molecule has 1 fully saturated rings. The number of rotatable bonds is 9. The smallest absolute Gasteiger partial charge is 0.245 e. The molecule has 20 heavy (non-hydrogen) atoms. The highest BCUT2D eigenvalue weighted by Crippen LogP contribution is 2.70. The highest BCUT2D eigenvalue weighted by molar-refractivity contribution is 8.55. The van der Waals surface area contributed by atoms with Gasteiger partial charge in [-0.2, -0.15) is 13.6 Å². The first-order valence-electron chi connectivity index (χ1n) is 6.18. The predicted molar refractivity (Wildman–Crippen MR) is 75.8 cm³/mol. The van der Waals surface area contributed by atoms with Crippen molar-refractivity contribution < 1.29 is 27.3 Å². The van der Waals surface area contributed by atoms with E-state index in [1.165, 1.54) is 19.3 Å². The average Bonchev–Trinajstić information content (AvgIpc) is 2.48. The molecule has 1 unspecified atom stereocenters. The zero-order valence-electron chi connectivity index (χ0n) is 11.0. The average molecular weight is 349 g/mol. The van der Waals surface area contributed by atoms with E-state index in [-0.39, 0.29) is 0 Å². The Morgan fingerprint density at radius 2 is 1.60 bits per heavy atom. The van der Waals surface area contributed by atoms with E-state index in [1.54, 1.807) is 0 Å². The Labute approximate surface area is 122 Å². The van der Waals surface area contributed by atoms with Crippen LogP contribution in [-0.4, -0.2) is 5.75 Å². The third-order valence-corrected chi connectivity index (χ3v) is 8.55. The quantitative estimate of drug-likeness (QED) is 0.418. The monoisotopic (exact) mass is 349 g/mol. The van der Waals surface area contributed by atoms with E-state index in [9.17, 15) is 9.13 Å². The molecule has 0 saturated heterocycles. The van der Waals surface area contributed by atoms with Gasteiger partial charge in [-0.05, 0) is 23.7 Å². The third-order valence-electron chi connectivity index (χ3n) is 3.09. The van der Waals surface area contributed by atoms with Crippen LogP contribution in [0.5, 0.6) is 0 Å². The summed E-state index contributed by atoms with van der Waals surface area (Å²) in [7, 11) is -4.32. The molecule has 0 spiro atoms. The summed E-state index contributed by atoms with van der Waals surface area (Å²) < 4.78 is 40.4. The van der Waals surface area contributed by atoms with E-state index in [2.05, 4.69) is 18.2 Å². The molecule has 1 aliphatic rings. The van der Waals surface area contributed by atoms with Gasteiger partial charge in [0.1, 0.15) is 0 Å². The van der Waals surface area contributed by atoms with Gasteiger partial charge in [-0.1, -0.05) is 32.1 Å². The van der Waals surface area contributed by atoms with Crippen LogP contribution in [0.3, 0.4) is 0 Å². The summed E-state index contributed by atoms with van der Waals surface area (Å²) in [5.41, 5.74) is 0. The van der Waals surface area contributed by atoms with Gasteiger partial charge in [0.05, 0.1) is 0 Å². The second-order valence-electron chi connectivity index (χ2n) is 4.42. The second-order valence-corrected chi connectivity index (χ2v) is 10.3. The van der Waals surface area contributed by atoms with Crippen LogP contribution in [0.25, 0.3) is 0 Å². The Morgan fingerprint density at radius 3 is 2.10 bits per heavy atom. The fourth-order valence-electron chi connectivity index (χ4n) is 2.07. The van der Waals surface area contributed by atoms with Crippen molar-refractivity contribution in [3.8, 4) is 0 Å². The standard InChI is InChI=1S/C8H21N3O6P2S/c9-14-18(12,15-10)17-19(13,16-11)20-7-6-8-4-2-1-3-5-8/h8H,1-7,9-11H2. The summed E-state index contributed by atoms with van der Waals surface area (Å²) in [6.45, 7) is -3.90. The SMILES string of the molecule is NOP(=O)(ON)OP(=O)(ON)SCCC1CCCCC1. The van der Waals surface area contributed by atoms with E-state index in [0.717, 1.165) is 30.6 Å². The topological polar surface area (TPSA) is 149 Å². The number of hydrogen-bond acceptors (Lipinski definition) is 10. The first kappa shape index (κ1) is 18.6. The van der Waals surface area contributed by atoms with Gasteiger partial charge in [-0.25, -0.2) is 31.4 Å². The van der Waals surface area contributed by atoms with E-state index in [0.29, 0.717) is 11.7 Å². The first-order chi connectivity index (χ1) is 9.47. The van der Waals surface area contributed by atoms with Gasteiger partial charge in [0.25, 0.3) is 0 Å². The molecular formula is C8H21N3O6P2S. The lowest BCUT2D eigenvalue weighted by Crippen LogP contribution is -2.09. The maximum atomic E-state index is 12.1. The van der Waals surface area contributed by atoms with Crippen molar-refractivity contribution in [2.75, 3.05) is 5.75 Å². The lowest BCUT2D eigenvalue weighted by molar-refractivity contribution is 0.150. The molecule has 1 saturated carbocycles. The van der Waals surface area contributed by atoms with Crippen LogP contribution >= 0.6 is 26.0 Å². The summed E-state index contributed by atoms with van der Waals surface area (Å²) in [5.74, 6) is 15.4. The molecule has 0 radical (unpaired) electrons. The first-order valence-corrected chi connectivity index (χ1v) is 10.8. The second kappa shape index (κ2) is 8.85. The van der Waals surface area contributed by atoms with Crippen molar-refractivity contribution in [2.24, 2.45) is 23.6 Å². The maximum Gasteiger partial charge on any atom is 0.515 e. The molecule has 1 rings (SSSR count). The zero-order valence-corrected chi connectivity index (χ0v) is 13.6. The maximum absolute atomic E-state index is 12.1. The molecule has 0 bridgehead atoms. The molecule has 0 aliphatic heterocycles. The Kier molecular flexibility index (Phi) is 8.22. The molecule has 12 heteroatoms.